The first-order valence-electron chi connectivity index (χ1n) is 6.38. The summed E-state index contributed by atoms with van der Waals surface area (Å²) in [5.74, 6) is 0.104. The minimum absolute atomic E-state index is 0.0162. The zero-order chi connectivity index (χ0) is 14.8. The van der Waals surface area contributed by atoms with Crippen LogP contribution < -0.4 is 10.6 Å². The first-order chi connectivity index (χ1) is 9.36. The lowest BCUT2D eigenvalue weighted by Gasteiger charge is -2.34. The fourth-order valence-electron chi connectivity index (χ4n) is 2.03. The van der Waals surface area contributed by atoms with E-state index in [0.29, 0.717) is 19.3 Å². The van der Waals surface area contributed by atoms with E-state index in [9.17, 15) is 13.2 Å². The molecular formula is C12H17F3N4O. The van der Waals surface area contributed by atoms with Crippen molar-refractivity contribution in [2.45, 2.75) is 38.3 Å². The number of anilines is 1. The highest BCUT2D eigenvalue weighted by Gasteiger charge is 2.33. The Balaban J connectivity index is 1.94. The van der Waals surface area contributed by atoms with Gasteiger partial charge in [0.15, 0.2) is 5.69 Å². The predicted molar refractivity (Wildman–Crippen MR) is 67.3 cm³/mol. The molecule has 8 heteroatoms. The number of ether oxygens (including phenoxy) is 1. The number of nitrogens with one attached hydrogen (secondary N) is 2. The van der Waals surface area contributed by atoms with Crippen molar-refractivity contribution in [3.05, 3.63) is 18.1 Å². The van der Waals surface area contributed by atoms with Crippen LogP contribution in [0.2, 0.25) is 0 Å². The second kappa shape index (κ2) is 5.92. The highest BCUT2D eigenvalue weighted by atomic mass is 19.4. The highest BCUT2D eigenvalue weighted by molar-refractivity contribution is 5.32. The minimum atomic E-state index is -4.49. The van der Waals surface area contributed by atoms with Gasteiger partial charge in [0, 0.05) is 13.1 Å². The van der Waals surface area contributed by atoms with E-state index in [4.69, 9.17) is 4.74 Å². The van der Waals surface area contributed by atoms with Crippen LogP contribution in [0.3, 0.4) is 0 Å². The Bertz CT molecular complexity index is 455. The quantitative estimate of drug-likeness (QED) is 0.887. The van der Waals surface area contributed by atoms with Gasteiger partial charge in [-0.15, -0.1) is 0 Å². The number of aromatic nitrogens is 2. The number of rotatable bonds is 3. The molecule has 5 nitrogen and oxygen atoms in total. The summed E-state index contributed by atoms with van der Waals surface area (Å²) >= 11 is 0. The molecular weight excluding hydrogens is 273 g/mol. The van der Waals surface area contributed by atoms with E-state index in [1.165, 1.54) is 6.20 Å². The molecule has 0 bridgehead atoms. The average molecular weight is 290 g/mol. The zero-order valence-corrected chi connectivity index (χ0v) is 11.2. The number of morpholine rings is 1. The van der Waals surface area contributed by atoms with Crippen molar-refractivity contribution in [2.24, 2.45) is 0 Å². The van der Waals surface area contributed by atoms with E-state index in [-0.39, 0.29) is 24.1 Å². The van der Waals surface area contributed by atoms with Crippen molar-refractivity contribution in [3.63, 3.8) is 0 Å². The van der Waals surface area contributed by atoms with Gasteiger partial charge in [0.2, 0.25) is 0 Å². The van der Waals surface area contributed by atoms with Gasteiger partial charge < -0.3 is 15.4 Å². The van der Waals surface area contributed by atoms with Crippen LogP contribution in [0.4, 0.5) is 19.0 Å². The largest absolute Gasteiger partial charge is 0.434 e. The Labute approximate surface area is 114 Å². The van der Waals surface area contributed by atoms with Gasteiger partial charge in [-0.3, -0.25) is 4.98 Å². The summed E-state index contributed by atoms with van der Waals surface area (Å²) in [6.45, 7) is 5.02. The number of alkyl halides is 3. The Morgan fingerprint density at radius 1 is 1.40 bits per heavy atom. The molecule has 1 aliphatic rings. The maximum absolute atomic E-state index is 12.5. The minimum Gasteiger partial charge on any atom is -0.373 e. The Kier molecular flexibility index (Phi) is 4.44. The Morgan fingerprint density at radius 2 is 2.15 bits per heavy atom. The van der Waals surface area contributed by atoms with Gasteiger partial charge in [0.1, 0.15) is 5.82 Å². The molecule has 0 aliphatic carbocycles. The van der Waals surface area contributed by atoms with Crippen molar-refractivity contribution in [2.75, 3.05) is 18.4 Å². The number of halogens is 3. The van der Waals surface area contributed by atoms with E-state index in [0.717, 1.165) is 0 Å². The van der Waals surface area contributed by atoms with E-state index in [2.05, 4.69) is 20.6 Å². The molecule has 0 radical (unpaired) electrons. The van der Waals surface area contributed by atoms with Gasteiger partial charge in [-0.2, -0.15) is 13.2 Å². The average Bonchev–Trinajstić information content (AvgIpc) is 2.37. The SMILES string of the molecule is C[C@@H]1CN[C@H](CNc2cncc(C(F)(F)F)n2)[C@H](C)O1. The first kappa shape index (κ1) is 15.0. The van der Waals surface area contributed by atoms with Crippen LogP contribution in [0.5, 0.6) is 0 Å². The third kappa shape index (κ3) is 3.80. The number of hydrogen-bond acceptors (Lipinski definition) is 5. The third-order valence-corrected chi connectivity index (χ3v) is 3.11. The van der Waals surface area contributed by atoms with E-state index < -0.39 is 11.9 Å². The molecule has 1 aliphatic heterocycles. The summed E-state index contributed by atoms with van der Waals surface area (Å²) in [6.07, 6.45) is -2.40. The third-order valence-electron chi connectivity index (χ3n) is 3.11. The number of hydrogen-bond donors (Lipinski definition) is 2. The van der Waals surface area contributed by atoms with Crippen molar-refractivity contribution in [1.29, 1.82) is 0 Å². The molecule has 20 heavy (non-hydrogen) atoms. The van der Waals surface area contributed by atoms with Gasteiger partial charge in [-0.1, -0.05) is 0 Å². The van der Waals surface area contributed by atoms with Gasteiger partial charge in [0.25, 0.3) is 0 Å². The molecule has 0 amide bonds. The Hall–Kier alpha value is -1.41. The maximum Gasteiger partial charge on any atom is 0.434 e. The van der Waals surface area contributed by atoms with E-state index in [1.54, 1.807) is 0 Å². The monoisotopic (exact) mass is 290 g/mol. The van der Waals surface area contributed by atoms with Crippen LogP contribution in [-0.4, -0.2) is 41.3 Å². The maximum atomic E-state index is 12.5. The summed E-state index contributed by atoms with van der Waals surface area (Å²) in [5, 5.41) is 6.13. The molecule has 3 atom stereocenters. The van der Waals surface area contributed by atoms with Crippen molar-refractivity contribution >= 4 is 5.82 Å². The van der Waals surface area contributed by atoms with Crippen LogP contribution in [-0.2, 0) is 10.9 Å². The molecule has 1 fully saturated rings. The topological polar surface area (TPSA) is 59.1 Å². The lowest BCUT2D eigenvalue weighted by Crippen LogP contribution is -2.53. The molecule has 0 spiro atoms. The van der Waals surface area contributed by atoms with Crippen LogP contribution in [0.1, 0.15) is 19.5 Å². The molecule has 0 aromatic carbocycles. The number of nitrogens with zero attached hydrogens (tertiary/aromatic N) is 2. The fourth-order valence-corrected chi connectivity index (χ4v) is 2.03. The summed E-state index contributed by atoms with van der Waals surface area (Å²) in [7, 11) is 0. The smallest absolute Gasteiger partial charge is 0.373 e. The zero-order valence-electron chi connectivity index (χ0n) is 11.2. The fraction of sp³-hybridized carbons (Fsp3) is 0.667. The van der Waals surface area contributed by atoms with Gasteiger partial charge in [-0.05, 0) is 13.8 Å². The summed E-state index contributed by atoms with van der Waals surface area (Å²) < 4.78 is 43.2. The molecule has 1 aromatic heterocycles. The predicted octanol–water partition coefficient (Wildman–Crippen LogP) is 1.67. The van der Waals surface area contributed by atoms with Crippen LogP contribution in [0.25, 0.3) is 0 Å². The first-order valence-corrected chi connectivity index (χ1v) is 6.38. The molecule has 112 valence electrons. The normalized spacial score (nSPS) is 27.4. The van der Waals surface area contributed by atoms with Crippen LogP contribution in [0.15, 0.2) is 12.4 Å². The highest BCUT2D eigenvalue weighted by Crippen LogP contribution is 2.27. The van der Waals surface area contributed by atoms with Crippen molar-refractivity contribution < 1.29 is 17.9 Å². The lowest BCUT2D eigenvalue weighted by molar-refractivity contribution is -0.141. The summed E-state index contributed by atoms with van der Waals surface area (Å²) in [6, 6.07) is 0.0162. The van der Waals surface area contributed by atoms with Gasteiger partial charge >= 0.3 is 6.18 Å². The van der Waals surface area contributed by atoms with Crippen LogP contribution >= 0.6 is 0 Å². The van der Waals surface area contributed by atoms with E-state index in [1.807, 2.05) is 13.8 Å². The van der Waals surface area contributed by atoms with Gasteiger partial charge in [0.05, 0.1) is 30.6 Å². The molecule has 2 heterocycles. The molecule has 2 N–H and O–H groups in total. The second-order valence-corrected chi connectivity index (χ2v) is 4.83. The van der Waals surface area contributed by atoms with Crippen LogP contribution in [0, 0.1) is 0 Å². The second-order valence-electron chi connectivity index (χ2n) is 4.83. The van der Waals surface area contributed by atoms with Crippen molar-refractivity contribution in [3.8, 4) is 0 Å². The summed E-state index contributed by atoms with van der Waals surface area (Å²) in [5.41, 5.74) is -1.00. The van der Waals surface area contributed by atoms with Gasteiger partial charge in [-0.25, -0.2) is 4.98 Å². The van der Waals surface area contributed by atoms with Crippen molar-refractivity contribution in [1.82, 2.24) is 15.3 Å². The molecule has 0 saturated carbocycles. The Morgan fingerprint density at radius 3 is 2.80 bits per heavy atom. The molecule has 0 unspecified atom stereocenters. The standard InChI is InChI=1S/C12H17F3N4O/c1-7-3-17-9(8(2)20-7)4-18-11-6-16-5-10(19-11)12(13,14)15/h5-9,17H,3-4H2,1-2H3,(H,18,19)/t7-,8+,9-/m1/s1. The molecule has 1 aromatic rings. The lowest BCUT2D eigenvalue weighted by atomic mass is 10.1. The molecule has 2 rings (SSSR count). The van der Waals surface area contributed by atoms with E-state index >= 15 is 0 Å². The molecule has 1 saturated heterocycles. The summed E-state index contributed by atoms with van der Waals surface area (Å²) in [4.78, 5) is 7.05.